The fourth-order valence-electron chi connectivity index (χ4n) is 3.03. The second kappa shape index (κ2) is 6.95. The van der Waals surface area contributed by atoms with Gasteiger partial charge >= 0.3 is 0 Å². The highest BCUT2D eigenvalue weighted by Crippen LogP contribution is 2.37. The van der Waals surface area contributed by atoms with Crippen molar-refractivity contribution in [2.75, 3.05) is 18.0 Å². The first kappa shape index (κ1) is 15.7. The molecular weight excluding hydrogens is 286 g/mol. The fourth-order valence-corrected chi connectivity index (χ4v) is 3.03. The number of hydrogen-bond acceptors (Lipinski definition) is 3. The summed E-state index contributed by atoms with van der Waals surface area (Å²) >= 11 is 0. The van der Waals surface area contributed by atoms with Gasteiger partial charge in [-0.3, -0.25) is 0 Å². The lowest BCUT2D eigenvalue weighted by Crippen LogP contribution is -2.42. The number of fused-ring (bicyclic) bond motifs is 1. The molecule has 0 fully saturated rings. The van der Waals surface area contributed by atoms with Gasteiger partial charge in [0, 0.05) is 19.0 Å². The van der Waals surface area contributed by atoms with Gasteiger partial charge in [0.15, 0.2) is 0 Å². The molecule has 3 nitrogen and oxygen atoms in total. The predicted octanol–water partition coefficient (Wildman–Crippen LogP) is 4.25. The first-order valence-electron chi connectivity index (χ1n) is 8.40. The summed E-state index contributed by atoms with van der Waals surface area (Å²) in [6.07, 6.45) is 2.14. The van der Waals surface area contributed by atoms with Gasteiger partial charge < -0.3 is 14.7 Å². The molecule has 0 aromatic heterocycles. The van der Waals surface area contributed by atoms with Gasteiger partial charge in [0.05, 0.1) is 12.2 Å². The van der Waals surface area contributed by atoms with Crippen LogP contribution in [-0.2, 0) is 6.42 Å². The number of nitrogens with zero attached hydrogens (tertiary/aromatic N) is 1. The van der Waals surface area contributed by atoms with Crippen molar-refractivity contribution in [3.05, 3.63) is 54.1 Å². The first-order chi connectivity index (χ1) is 11.1. The molecule has 0 saturated carbocycles. The summed E-state index contributed by atoms with van der Waals surface area (Å²) in [5, 5.41) is 9.77. The van der Waals surface area contributed by atoms with Gasteiger partial charge in [0.1, 0.15) is 17.6 Å². The van der Waals surface area contributed by atoms with Crippen LogP contribution in [0.1, 0.15) is 25.8 Å². The molecule has 1 aliphatic heterocycles. The minimum absolute atomic E-state index is 0.110. The van der Waals surface area contributed by atoms with Crippen LogP contribution in [-0.4, -0.2) is 24.3 Å². The second-order valence-electron chi connectivity index (χ2n) is 6.71. The van der Waals surface area contributed by atoms with E-state index in [1.165, 1.54) is 5.56 Å². The molecule has 0 amide bonds. The molecule has 3 rings (SSSR count). The zero-order chi connectivity index (χ0) is 16.2. The third kappa shape index (κ3) is 3.98. The topological polar surface area (TPSA) is 32.7 Å². The summed E-state index contributed by atoms with van der Waals surface area (Å²) in [5.74, 6) is 1.72. The molecule has 122 valence electrons. The van der Waals surface area contributed by atoms with Crippen LogP contribution in [0.2, 0.25) is 0 Å². The fraction of sp³-hybridized carbons (Fsp3) is 0.400. The predicted molar refractivity (Wildman–Crippen MR) is 94.3 cm³/mol. The standard InChI is InChI=1S/C20H25NO2/c1-15(2)10-11-21-14-18(12-16-6-4-3-5-7-16)23-20-13-17(22)8-9-19(20)21/h3-9,13,15,18,22H,10-12,14H2,1-2H3. The van der Waals surface area contributed by atoms with Crippen LogP contribution in [0.25, 0.3) is 0 Å². The van der Waals surface area contributed by atoms with Crippen LogP contribution < -0.4 is 9.64 Å². The number of phenolic OH excluding ortho intramolecular Hbond substituents is 1. The summed E-state index contributed by atoms with van der Waals surface area (Å²) in [5.41, 5.74) is 2.37. The number of rotatable bonds is 5. The van der Waals surface area contributed by atoms with Crippen LogP contribution >= 0.6 is 0 Å². The van der Waals surface area contributed by atoms with Gasteiger partial charge in [-0.25, -0.2) is 0 Å². The van der Waals surface area contributed by atoms with Crippen molar-refractivity contribution in [3.63, 3.8) is 0 Å². The van der Waals surface area contributed by atoms with Gasteiger partial charge in [0.2, 0.25) is 0 Å². The molecule has 1 atom stereocenters. The highest BCUT2D eigenvalue weighted by Gasteiger charge is 2.26. The van der Waals surface area contributed by atoms with E-state index in [9.17, 15) is 5.11 Å². The number of anilines is 1. The van der Waals surface area contributed by atoms with Crippen molar-refractivity contribution in [2.45, 2.75) is 32.8 Å². The molecule has 0 radical (unpaired) electrons. The molecule has 23 heavy (non-hydrogen) atoms. The number of phenols is 1. The van der Waals surface area contributed by atoms with Gasteiger partial charge in [-0.1, -0.05) is 44.2 Å². The van der Waals surface area contributed by atoms with Crippen LogP contribution in [0.3, 0.4) is 0 Å². The Kier molecular flexibility index (Phi) is 4.75. The molecule has 1 N–H and O–H groups in total. The Labute approximate surface area is 138 Å². The van der Waals surface area contributed by atoms with E-state index in [1.807, 2.05) is 12.1 Å². The number of hydrogen-bond donors (Lipinski definition) is 1. The van der Waals surface area contributed by atoms with Crippen molar-refractivity contribution in [2.24, 2.45) is 5.92 Å². The molecule has 1 unspecified atom stereocenters. The highest BCUT2D eigenvalue weighted by molar-refractivity contribution is 5.62. The summed E-state index contributed by atoms with van der Waals surface area (Å²) in [7, 11) is 0. The van der Waals surface area contributed by atoms with E-state index in [0.29, 0.717) is 5.92 Å². The number of aromatic hydroxyl groups is 1. The number of benzene rings is 2. The van der Waals surface area contributed by atoms with Crippen molar-refractivity contribution in [3.8, 4) is 11.5 Å². The normalized spacial score (nSPS) is 17.0. The average Bonchev–Trinajstić information content (AvgIpc) is 2.53. The quantitative estimate of drug-likeness (QED) is 0.896. The molecule has 1 aliphatic rings. The third-order valence-corrected chi connectivity index (χ3v) is 4.28. The Hall–Kier alpha value is -2.16. The van der Waals surface area contributed by atoms with Crippen LogP contribution in [0.5, 0.6) is 11.5 Å². The van der Waals surface area contributed by atoms with E-state index in [4.69, 9.17) is 4.74 Å². The Morgan fingerprint density at radius 3 is 2.70 bits per heavy atom. The van der Waals surface area contributed by atoms with E-state index in [0.717, 1.165) is 37.4 Å². The van der Waals surface area contributed by atoms with E-state index in [1.54, 1.807) is 12.1 Å². The molecule has 0 aliphatic carbocycles. The Balaban J connectivity index is 1.79. The van der Waals surface area contributed by atoms with Crippen molar-refractivity contribution in [1.82, 2.24) is 0 Å². The highest BCUT2D eigenvalue weighted by atomic mass is 16.5. The Bertz CT molecular complexity index is 639. The largest absolute Gasteiger partial charge is 0.508 e. The lowest BCUT2D eigenvalue weighted by Gasteiger charge is -2.37. The Morgan fingerprint density at radius 2 is 1.96 bits per heavy atom. The smallest absolute Gasteiger partial charge is 0.146 e. The van der Waals surface area contributed by atoms with Crippen molar-refractivity contribution < 1.29 is 9.84 Å². The van der Waals surface area contributed by atoms with Gasteiger partial charge in [-0.05, 0) is 30.0 Å². The third-order valence-electron chi connectivity index (χ3n) is 4.28. The van der Waals surface area contributed by atoms with E-state index < -0.39 is 0 Å². The Morgan fingerprint density at radius 1 is 1.17 bits per heavy atom. The monoisotopic (exact) mass is 311 g/mol. The van der Waals surface area contributed by atoms with Gasteiger partial charge in [-0.2, -0.15) is 0 Å². The molecule has 0 bridgehead atoms. The SMILES string of the molecule is CC(C)CCN1CC(Cc2ccccc2)Oc2cc(O)ccc21. The van der Waals surface area contributed by atoms with Crippen molar-refractivity contribution in [1.29, 1.82) is 0 Å². The number of ether oxygens (including phenoxy) is 1. The summed E-state index contributed by atoms with van der Waals surface area (Å²) in [4.78, 5) is 2.39. The molecule has 0 spiro atoms. The summed E-state index contributed by atoms with van der Waals surface area (Å²) in [6.45, 7) is 6.41. The molecule has 1 heterocycles. The zero-order valence-corrected chi connectivity index (χ0v) is 13.9. The van der Waals surface area contributed by atoms with Crippen LogP contribution in [0.4, 0.5) is 5.69 Å². The van der Waals surface area contributed by atoms with Gasteiger partial charge in [-0.15, -0.1) is 0 Å². The maximum absolute atomic E-state index is 9.77. The minimum Gasteiger partial charge on any atom is -0.508 e. The zero-order valence-electron chi connectivity index (χ0n) is 13.9. The first-order valence-corrected chi connectivity index (χ1v) is 8.40. The lowest BCUT2D eigenvalue weighted by atomic mass is 10.0. The summed E-state index contributed by atoms with van der Waals surface area (Å²) < 4.78 is 6.15. The molecule has 3 heteroatoms. The molecule has 0 saturated heterocycles. The van der Waals surface area contributed by atoms with E-state index >= 15 is 0 Å². The average molecular weight is 311 g/mol. The molecule has 2 aromatic carbocycles. The second-order valence-corrected chi connectivity index (χ2v) is 6.71. The lowest BCUT2D eigenvalue weighted by molar-refractivity contribution is 0.192. The maximum Gasteiger partial charge on any atom is 0.146 e. The van der Waals surface area contributed by atoms with Gasteiger partial charge in [0.25, 0.3) is 0 Å². The van der Waals surface area contributed by atoms with Crippen molar-refractivity contribution >= 4 is 5.69 Å². The summed E-state index contributed by atoms with van der Waals surface area (Å²) in [6, 6.07) is 15.9. The maximum atomic E-state index is 9.77. The molecule has 2 aromatic rings. The minimum atomic E-state index is 0.110. The van der Waals surface area contributed by atoms with Crippen LogP contribution in [0, 0.1) is 5.92 Å². The van der Waals surface area contributed by atoms with E-state index in [2.05, 4.69) is 43.0 Å². The van der Waals surface area contributed by atoms with Crippen LogP contribution in [0.15, 0.2) is 48.5 Å². The molecular formula is C20H25NO2. The van der Waals surface area contributed by atoms with E-state index in [-0.39, 0.29) is 11.9 Å².